The third kappa shape index (κ3) is 4.43. The van der Waals surface area contributed by atoms with Crippen LogP contribution in [-0.4, -0.2) is 42.8 Å². The summed E-state index contributed by atoms with van der Waals surface area (Å²) in [4.78, 5) is -0.0474. The molecule has 1 aliphatic rings. The highest BCUT2D eigenvalue weighted by Crippen LogP contribution is 2.38. The van der Waals surface area contributed by atoms with Gasteiger partial charge in [0, 0.05) is 19.0 Å². The Balaban J connectivity index is 2.07. The molecule has 29 heavy (non-hydrogen) atoms. The van der Waals surface area contributed by atoms with Gasteiger partial charge >= 0.3 is 0 Å². The smallest absolute Gasteiger partial charge is 0.268 e. The highest BCUT2D eigenvalue weighted by atomic mass is 32.2. The van der Waals surface area contributed by atoms with E-state index in [9.17, 15) is 16.8 Å². The average molecular weight is 441 g/mol. The summed E-state index contributed by atoms with van der Waals surface area (Å²) < 4.78 is 65.3. The van der Waals surface area contributed by atoms with E-state index in [-0.39, 0.29) is 28.6 Å². The molecule has 10 heteroatoms. The molecule has 0 aliphatic carbocycles. The van der Waals surface area contributed by atoms with Crippen LogP contribution in [0.15, 0.2) is 41.3 Å². The van der Waals surface area contributed by atoms with Gasteiger partial charge in [-0.15, -0.1) is 0 Å². The average Bonchev–Trinajstić information content (AvgIpc) is 2.89. The predicted octanol–water partition coefficient (Wildman–Crippen LogP) is 2.74. The zero-order valence-electron chi connectivity index (χ0n) is 16.5. The van der Waals surface area contributed by atoms with E-state index < -0.39 is 20.0 Å². The van der Waals surface area contributed by atoms with Gasteiger partial charge in [-0.05, 0) is 43.7 Å². The molecule has 1 heterocycles. The van der Waals surface area contributed by atoms with Gasteiger partial charge in [-0.25, -0.2) is 16.8 Å². The number of anilines is 2. The molecule has 0 spiro atoms. The molecule has 158 valence electrons. The largest absolute Gasteiger partial charge is 0.495 e. The van der Waals surface area contributed by atoms with E-state index in [0.29, 0.717) is 24.5 Å². The van der Waals surface area contributed by atoms with Gasteiger partial charge in [-0.3, -0.25) is 9.03 Å². The number of nitrogens with zero attached hydrogens (tertiary/aromatic N) is 1. The molecule has 0 saturated carbocycles. The van der Waals surface area contributed by atoms with Crippen LogP contribution in [0.3, 0.4) is 0 Å². The number of hydrogen-bond acceptors (Lipinski definition) is 6. The number of hydrogen-bond donors (Lipinski definition) is 1. The van der Waals surface area contributed by atoms with E-state index in [0.717, 1.165) is 5.56 Å². The maximum absolute atomic E-state index is 13.5. The Morgan fingerprint density at radius 1 is 1.14 bits per heavy atom. The predicted molar refractivity (Wildman–Crippen MR) is 112 cm³/mol. The standard InChI is InChI=1S/C19H24N2O6S2/c1-4-28(22,23)20-15-7-9-19(18(13-15)26-3)29(24,25)21-10-5-11-27-17-8-6-14(2)12-16(17)21/h6-9,12-13,20H,4-5,10-11H2,1-3H3. The van der Waals surface area contributed by atoms with Crippen molar-refractivity contribution < 1.29 is 26.3 Å². The molecule has 0 unspecified atom stereocenters. The van der Waals surface area contributed by atoms with Gasteiger partial charge in [0.15, 0.2) is 0 Å². The van der Waals surface area contributed by atoms with Gasteiger partial charge in [-0.2, -0.15) is 0 Å². The minimum absolute atomic E-state index is 0.0474. The first-order valence-electron chi connectivity index (χ1n) is 9.12. The molecule has 0 saturated heterocycles. The summed E-state index contributed by atoms with van der Waals surface area (Å²) in [5.41, 5.74) is 1.61. The van der Waals surface area contributed by atoms with Crippen molar-refractivity contribution >= 4 is 31.4 Å². The maximum atomic E-state index is 13.5. The summed E-state index contributed by atoms with van der Waals surface area (Å²) in [6.07, 6.45) is 0.531. The molecule has 1 N–H and O–H groups in total. The molecular formula is C19H24N2O6S2. The van der Waals surface area contributed by atoms with E-state index in [2.05, 4.69) is 4.72 Å². The van der Waals surface area contributed by atoms with E-state index in [1.54, 1.807) is 12.1 Å². The minimum Gasteiger partial charge on any atom is -0.495 e. The Morgan fingerprint density at radius 3 is 2.59 bits per heavy atom. The van der Waals surface area contributed by atoms with Crippen molar-refractivity contribution in [2.45, 2.75) is 25.2 Å². The lowest BCUT2D eigenvalue weighted by Crippen LogP contribution is -2.32. The van der Waals surface area contributed by atoms with Crippen LogP contribution in [0.4, 0.5) is 11.4 Å². The van der Waals surface area contributed by atoms with Crippen molar-refractivity contribution in [3.8, 4) is 11.5 Å². The molecule has 0 fully saturated rings. The number of ether oxygens (including phenoxy) is 2. The topological polar surface area (TPSA) is 102 Å². The van der Waals surface area contributed by atoms with Crippen LogP contribution in [-0.2, 0) is 20.0 Å². The highest BCUT2D eigenvalue weighted by Gasteiger charge is 2.31. The van der Waals surface area contributed by atoms with Crippen LogP contribution in [0, 0.1) is 6.92 Å². The minimum atomic E-state index is -3.97. The molecule has 1 aliphatic heterocycles. The summed E-state index contributed by atoms with van der Waals surface area (Å²) in [6.45, 7) is 4.06. The van der Waals surface area contributed by atoms with Crippen molar-refractivity contribution in [2.24, 2.45) is 0 Å². The third-order valence-corrected chi connectivity index (χ3v) is 7.69. The molecule has 0 amide bonds. The van der Waals surface area contributed by atoms with Crippen molar-refractivity contribution in [3.05, 3.63) is 42.0 Å². The van der Waals surface area contributed by atoms with E-state index >= 15 is 0 Å². The van der Waals surface area contributed by atoms with Gasteiger partial charge in [0.05, 0.1) is 30.8 Å². The summed E-state index contributed by atoms with van der Waals surface area (Å²) in [5, 5.41) is 0. The number of rotatable bonds is 6. The molecule has 0 atom stereocenters. The first-order chi connectivity index (χ1) is 13.7. The summed E-state index contributed by atoms with van der Waals surface area (Å²) >= 11 is 0. The second-order valence-electron chi connectivity index (χ2n) is 6.62. The molecule has 0 aromatic heterocycles. The molecule has 3 rings (SSSR count). The maximum Gasteiger partial charge on any atom is 0.268 e. The molecule has 8 nitrogen and oxygen atoms in total. The molecule has 2 aromatic carbocycles. The Labute approximate surface area is 171 Å². The Bertz CT molecular complexity index is 1110. The first kappa shape index (κ1) is 21.3. The van der Waals surface area contributed by atoms with E-state index in [1.165, 1.54) is 36.5 Å². The van der Waals surface area contributed by atoms with Crippen LogP contribution in [0.1, 0.15) is 18.9 Å². The van der Waals surface area contributed by atoms with E-state index in [4.69, 9.17) is 9.47 Å². The van der Waals surface area contributed by atoms with Gasteiger partial charge in [-0.1, -0.05) is 6.07 Å². The van der Waals surface area contributed by atoms with Gasteiger partial charge in [0.25, 0.3) is 10.0 Å². The number of benzene rings is 2. The van der Waals surface area contributed by atoms with Crippen LogP contribution in [0.5, 0.6) is 11.5 Å². The zero-order chi connectivity index (χ0) is 21.2. The summed E-state index contributed by atoms with van der Waals surface area (Å²) in [6, 6.07) is 9.53. The van der Waals surface area contributed by atoms with Crippen molar-refractivity contribution in [3.63, 3.8) is 0 Å². The van der Waals surface area contributed by atoms with Crippen molar-refractivity contribution in [1.82, 2.24) is 0 Å². The Kier molecular flexibility index (Phi) is 5.95. The molecular weight excluding hydrogens is 416 g/mol. The lowest BCUT2D eigenvalue weighted by Gasteiger charge is -2.25. The molecule has 0 bridgehead atoms. The number of nitrogens with one attached hydrogen (secondary N) is 1. The second-order valence-corrected chi connectivity index (χ2v) is 10.5. The third-order valence-electron chi connectivity index (χ3n) is 4.53. The number of methoxy groups -OCH3 is 1. The monoisotopic (exact) mass is 440 g/mol. The van der Waals surface area contributed by atoms with Crippen LogP contribution < -0.4 is 18.5 Å². The molecule has 2 aromatic rings. The summed E-state index contributed by atoms with van der Waals surface area (Å²) in [7, 11) is -6.13. The number of aryl methyl sites for hydroxylation is 1. The molecule has 0 radical (unpaired) electrons. The summed E-state index contributed by atoms with van der Waals surface area (Å²) in [5.74, 6) is 0.461. The zero-order valence-corrected chi connectivity index (χ0v) is 18.1. The SMILES string of the molecule is CCS(=O)(=O)Nc1ccc(S(=O)(=O)N2CCCOc3ccc(C)cc32)c(OC)c1. The number of fused-ring (bicyclic) bond motifs is 1. The Hall–Kier alpha value is -2.46. The fourth-order valence-corrected chi connectivity index (χ4v) is 5.29. The fourth-order valence-electron chi connectivity index (χ4n) is 3.02. The number of sulfonamides is 2. The van der Waals surface area contributed by atoms with Crippen LogP contribution >= 0.6 is 0 Å². The van der Waals surface area contributed by atoms with Gasteiger partial charge in [0.1, 0.15) is 16.4 Å². The Morgan fingerprint density at radius 2 is 1.90 bits per heavy atom. The first-order valence-corrected chi connectivity index (χ1v) is 12.2. The lowest BCUT2D eigenvalue weighted by atomic mass is 10.2. The van der Waals surface area contributed by atoms with Gasteiger partial charge in [0.2, 0.25) is 10.0 Å². The van der Waals surface area contributed by atoms with Gasteiger partial charge < -0.3 is 9.47 Å². The highest BCUT2D eigenvalue weighted by molar-refractivity contribution is 7.93. The normalized spacial score (nSPS) is 14.5. The van der Waals surface area contributed by atoms with Crippen LogP contribution in [0.25, 0.3) is 0 Å². The van der Waals surface area contributed by atoms with Crippen molar-refractivity contribution in [2.75, 3.05) is 35.0 Å². The van der Waals surface area contributed by atoms with Crippen molar-refractivity contribution in [1.29, 1.82) is 0 Å². The second kappa shape index (κ2) is 8.11. The lowest BCUT2D eigenvalue weighted by molar-refractivity contribution is 0.322. The van der Waals surface area contributed by atoms with E-state index in [1.807, 2.05) is 13.0 Å². The fraction of sp³-hybridized carbons (Fsp3) is 0.368. The quantitative estimate of drug-likeness (QED) is 0.741. The van der Waals surface area contributed by atoms with Crippen LogP contribution in [0.2, 0.25) is 0 Å².